The zero-order valence-electron chi connectivity index (χ0n) is 10.4. The summed E-state index contributed by atoms with van der Waals surface area (Å²) in [6, 6.07) is 0.272. The number of aliphatic hydroxyl groups excluding tert-OH is 1. The fourth-order valence-corrected chi connectivity index (χ4v) is 5.14. The second-order valence-electron chi connectivity index (χ2n) is 4.65. The molecule has 0 amide bonds. The summed E-state index contributed by atoms with van der Waals surface area (Å²) in [5.74, 6) is -0.870. The highest BCUT2D eigenvalue weighted by atomic mass is 35.5. The first-order chi connectivity index (χ1) is 9.11. The molecule has 1 aromatic rings. The Labute approximate surface area is 122 Å². The number of pyridine rings is 1. The smallest absolute Gasteiger partial charge is 0.242 e. The van der Waals surface area contributed by atoms with E-state index in [0.717, 1.165) is 6.20 Å². The lowest BCUT2D eigenvalue weighted by Gasteiger charge is -2.15. The molecule has 2 rings (SSSR count). The third kappa shape index (κ3) is 3.29. The molecule has 1 aromatic heterocycles. The van der Waals surface area contributed by atoms with Crippen LogP contribution in [0, 0.1) is 6.92 Å². The summed E-state index contributed by atoms with van der Waals surface area (Å²) in [6.07, 6.45) is -0.177. The van der Waals surface area contributed by atoms with Gasteiger partial charge in [-0.25, -0.2) is 26.5 Å². The zero-order valence-corrected chi connectivity index (χ0v) is 12.8. The van der Waals surface area contributed by atoms with Crippen molar-refractivity contribution in [1.29, 1.82) is 0 Å². The maximum absolute atomic E-state index is 12.1. The summed E-state index contributed by atoms with van der Waals surface area (Å²) in [7, 11) is -7.39. The Hall–Kier alpha value is -0.740. The van der Waals surface area contributed by atoms with Crippen molar-refractivity contribution in [3.63, 3.8) is 0 Å². The molecule has 1 aliphatic heterocycles. The Morgan fingerprint density at radius 3 is 2.60 bits per heavy atom. The number of hydrogen-bond acceptors (Lipinski definition) is 6. The van der Waals surface area contributed by atoms with Gasteiger partial charge in [-0.3, -0.25) is 0 Å². The molecule has 1 fully saturated rings. The van der Waals surface area contributed by atoms with Crippen molar-refractivity contribution in [1.82, 2.24) is 9.71 Å². The van der Waals surface area contributed by atoms with E-state index in [2.05, 4.69) is 9.71 Å². The molecule has 20 heavy (non-hydrogen) atoms. The highest BCUT2D eigenvalue weighted by Gasteiger charge is 2.39. The van der Waals surface area contributed by atoms with Crippen LogP contribution in [0.15, 0.2) is 17.2 Å². The van der Waals surface area contributed by atoms with Gasteiger partial charge in [0.1, 0.15) is 10.0 Å². The van der Waals surface area contributed by atoms with Gasteiger partial charge >= 0.3 is 0 Å². The van der Waals surface area contributed by atoms with E-state index in [0.29, 0.717) is 5.56 Å². The average molecular weight is 341 g/mol. The van der Waals surface area contributed by atoms with Crippen LogP contribution in [0.2, 0.25) is 5.15 Å². The van der Waals surface area contributed by atoms with Gasteiger partial charge in [-0.05, 0) is 18.6 Å². The Balaban J connectivity index is 2.26. The highest BCUT2D eigenvalue weighted by molar-refractivity contribution is 7.92. The van der Waals surface area contributed by atoms with Crippen LogP contribution in [0.4, 0.5) is 0 Å². The SMILES string of the molecule is Cc1cc(S(=O)(=O)N[C@@H]2CS(=O)(=O)C[C@H]2O)cnc1Cl. The molecule has 2 heterocycles. The Bertz CT molecular complexity index is 732. The zero-order chi connectivity index (χ0) is 15.1. The van der Waals surface area contributed by atoms with Crippen molar-refractivity contribution in [3.05, 3.63) is 23.0 Å². The van der Waals surface area contributed by atoms with Gasteiger partial charge in [0.05, 0.1) is 23.7 Å². The monoisotopic (exact) mass is 340 g/mol. The van der Waals surface area contributed by atoms with Crippen LogP contribution in [0.3, 0.4) is 0 Å². The summed E-state index contributed by atoms with van der Waals surface area (Å²) in [4.78, 5) is 3.60. The molecule has 10 heteroatoms. The van der Waals surface area contributed by atoms with Gasteiger partial charge in [-0.15, -0.1) is 0 Å². The van der Waals surface area contributed by atoms with E-state index in [1.165, 1.54) is 6.07 Å². The third-order valence-electron chi connectivity index (χ3n) is 2.93. The van der Waals surface area contributed by atoms with Crippen LogP contribution in [-0.4, -0.2) is 50.6 Å². The number of nitrogens with zero attached hydrogens (tertiary/aromatic N) is 1. The summed E-state index contributed by atoms with van der Waals surface area (Å²) in [6.45, 7) is 1.60. The van der Waals surface area contributed by atoms with Crippen LogP contribution in [0.1, 0.15) is 5.56 Å². The molecule has 0 unspecified atom stereocenters. The molecular weight excluding hydrogens is 328 g/mol. The first kappa shape index (κ1) is 15.6. The molecule has 0 aromatic carbocycles. The summed E-state index contributed by atoms with van der Waals surface area (Å²) >= 11 is 5.72. The van der Waals surface area contributed by atoms with Crippen molar-refractivity contribution in [2.45, 2.75) is 24.0 Å². The van der Waals surface area contributed by atoms with Crippen LogP contribution in [0.25, 0.3) is 0 Å². The van der Waals surface area contributed by atoms with E-state index >= 15 is 0 Å². The Morgan fingerprint density at radius 2 is 2.10 bits per heavy atom. The molecule has 112 valence electrons. The molecule has 1 saturated heterocycles. The number of aromatic nitrogens is 1. The Morgan fingerprint density at radius 1 is 1.45 bits per heavy atom. The number of hydrogen-bond donors (Lipinski definition) is 2. The van der Waals surface area contributed by atoms with Crippen LogP contribution in [0.5, 0.6) is 0 Å². The predicted octanol–water partition coefficient (Wildman–Crippen LogP) is -0.520. The number of aryl methyl sites for hydroxylation is 1. The van der Waals surface area contributed by atoms with E-state index in [1.807, 2.05) is 0 Å². The molecule has 0 radical (unpaired) electrons. The number of sulfone groups is 1. The largest absolute Gasteiger partial charge is 0.390 e. The molecular formula is C10H13ClN2O5S2. The lowest BCUT2D eigenvalue weighted by Crippen LogP contribution is -2.42. The lowest BCUT2D eigenvalue weighted by atomic mass is 10.2. The second-order valence-corrected chi connectivity index (χ2v) is 8.88. The van der Waals surface area contributed by atoms with Crippen molar-refractivity contribution >= 4 is 31.5 Å². The molecule has 1 aliphatic rings. The normalized spacial score (nSPS) is 25.8. The van der Waals surface area contributed by atoms with Crippen molar-refractivity contribution in [3.8, 4) is 0 Å². The first-order valence-corrected chi connectivity index (χ1v) is 9.32. The molecule has 7 nitrogen and oxygen atoms in total. The minimum atomic E-state index is -3.96. The van der Waals surface area contributed by atoms with Crippen molar-refractivity contribution in [2.24, 2.45) is 0 Å². The van der Waals surface area contributed by atoms with E-state index in [1.54, 1.807) is 6.92 Å². The van der Waals surface area contributed by atoms with Gasteiger partial charge in [-0.2, -0.15) is 0 Å². The number of rotatable bonds is 3. The van der Waals surface area contributed by atoms with Crippen molar-refractivity contribution in [2.75, 3.05) is 11.5 Å². The fraction of sp³-hybridized carbons (Fsp3) is 0.500. The van der Waals surface area contributed by atoms with Crippen LogP contribution < -0.4 is 4.72 Å². The predicted molar refractivity (Wildman–Crippen MR) is 72.8 cm³/mol. The number of sulfonamides is 1. The minimum Gasteiger partial charge on any atom is -0.390 e. The highest BCUT2D eigenvalue weighted by Crippen LogP contribution is 2.19. The number of aliphatic hydroxyl groups is 1. The van der Waals surface area contributed by atoms with E-state index in [4.69, 9.17) is 11.6 Å². The van der Waals surface area contributed by atoms with Gasteiger partial charge in [-0.1, -0.05) is 11.6 Å². The maximum atomic E-state index is 12.1. The van der Waals surface area contributed by atoms with Gasteiger partial charge in [0, 0.05) is 6.20 Å². The third-order valence-corrected chi connectivity index (χ3v) is 6.50. The van der Waals surface area contributed by atoms with Gasteiger partial charge in [0.25, 0.3) is 0 Å². The quantitative estimate of drug-likeness (QED) is 0.716. The first-order valence-electron chi connectivity index (χ1n) is 5.64. The van der Waals surface area contributed by atoms with Gasteiger partial charge in [0.15, 0.2) is 9.84 Å². The van der Waals surface area contributed by atoms with E-state index in [9.17, 15) is 21.9 Å². The molecule has 0 aliphatic carbocycles. The maximum Gasteiger partial charge on any atom is 0.242 e. The molecule has 2 atom stereocenters. The van der Waals surface area contributed by atoms with Gasteiger partial charge < -0.3 is 5.11 Å². The molecule has 2 N–H and O–H groups in total. The topological polar surface area (TPSA) is 113 Å². The van der Waals surface area contributed by atoms with Crippen LogP contribution >= 0.6 is 11.6 Å². The molecule has 0 spiro atoms. The van der Waals surface area contributed by atoms with E-state index in [-0.39, 0.29) is 10.0 Å². The molecule has 0 saturated carbocycles. The standard InChI is InChI=1S/C10H13ClN2O5S2/c1-6-2-7(3-12-10(6)11)20(17,18)13-8-4-19(15,16)5-9(8)14/h2-3,8-9,13-14H,4-5H2,1H3/t8-,9-/m1/s1. The summed E-state index contributed by atoms with van der Waals surface area (Å²) < 4.78 is 49.1. The molecule has 0 bridgehead atoms. The van der Waals surface area contributed by atoms with Gasteiger partial charge in [0.2, 0.25) is 10.0 Å². The lowest BCUT2D eigenvalue weighted by molar-refractivity contribution is 0.176. The average Bonchev–Trinajstić information content (AvgIpc) is 2.54. The van der Waals surface area contributed by atoms with Crippen molar-refractivity contribution < 1.29 is 21.9 Å². The summed E-state index contributed by atoms with van der Waals surface area (Å²) in [5, 5.41) is 9.78. The fourth-order valence-electron chi connectivity index (χ4n) is 1.89. The summed E-state index contributed by atoms with van der Waals surface area (Å²) in [5.41, 5.74) is 0.481. The van der Waals surface area contributed by atoms with E-state index < -0.39 is 43.5 Å². The second kappa shape index (κ2) is 5.23. The Kier molecular flexibility index (Phi) is 4.09. The number of halogens is 1. The number of nitrogens with one attached hydrogen (secondary N) is 1. The van der Waals surface area contributed by atoms with Crippen LogP contribution in [-0.2, 0) is 19.9 Å². The minimum absolute atomic E-state index is 0.129.